The molecule has 0 amide bonds. The van der Waals surface area contributed by atoms with Gasteiger partial charge in [-0.2, -0.15) is 0 Å². The van der Waals surface area contributed by atoms with Crippen molar-refractivity contribution in [2.75, 3.05) is 13.2 Å². The minimum Gasteiger partial charge on any atom is -0.481 e. The SMILES string of the molecule is C[C@]12C[C@H]3O[C@@]34[C@@H]([C@H](C(=O)OCCO)CC3=CC(=O)CC[C@@]34C)[C@@H]1CC[C@@H]2CCC(=O)O. The number of rotatable bonds is 6. The van der Waals surface area contributed by atoms with Crippen LogP contribution >= 0.6 is 0 Å². The Morgan fingerprint density at radius 3 is 2.78 bits per heavy atom. The van der Waals surface area contributed by atoms with E-state index in [1.165, 1.54) is 0 Å². The maximum absolute atomic E-state index is 13.2. The molecule has 3 saturated carbocycles. The third-order valence-electron chi connectivity index (χ3n) is 9.91. The summed E-state index contributed by atoms with van der Waals surface area (Å²) in [6.45, 7) is 4.24. The van der Waals surface area contributed by atoms with E-state index in [4.69, 9.17) is 9.47 Å². The monoisotopic (exact) mass is 446 g/mol. The van der Waals surface area contributed by atoms with Crippen LogP contribution in [0, 0.1) is 34.5 Å². The molecule has 1 heterocycles. The molecular formula is C25H34O7. The number of ether oxygens (including phenoxy) is 2. The van der Waals surface area contributed by atoms with Crippen LogP contribution in [0.1, 0.15) is 65.2 Å². The lowest BCUT2D eigenvalue weighted by Crippen LogP contribution is -2.61. The molecule has 8 atom stereocenters. The van der Waals surface area contributed by atoms with Gasteiger partial charge in [-0.05, 0) is 61.9 Å². The second-order valence-electron chi connectivity index (χ2n) is 11.1. The predicted molar refractivity (Wildman–Crippen MR) is 113 cm³/mol. The summed E-state index contributed by atoms with van der Waals surface area (Å²) < 4.78 is 12.0. The summed E-state index contributed by atoms with van der Waals surface area (Å²) in [7, 11) is 0. The van der Waals surface area contributed by atoms with E-state index in [1.54, 1.807) is 6.08 Å². The summed E-state index contributed by atoms with van der Waals surface area (Å²) in [6.07, 6.45) is 7.17. The molecule has 1 saturated heterocycles. The second kappa shape index (κ2) is 7.39. The molecule has 5 rings (SSSR count). The highest BCUT2D eigenvalue weighted by Gasteiger charge is 2.81. The fourth-order valence-corrected chi connectivity index (χ4v) is 8.38. The van der Waals surface area contributed by atoms with Gasteiger partial charge >= 0.3 is 11.9 Å². The molecule has 32 heavy (non-hydrogen) atoms. The van der Waals surface area contributed by atoms with Gasteiger partial charge in [0, 0.05) is 24.2 Å². The first-order valence-corrected chi connectivity index (χ1v) is 12.1. The molecule has 7 heteroatoms. The lowest BCUT2D eigenvalue weighted by Gasteiger charge is -2.57. The zero-order chi connectivity index (χ0) is 22.9. The first-order valence-electron chi connectivity index (χ1n) is 12.1. The number of carbonyl (C=O) groups is 3. The number of hydrogen-bond acceptors (Lipinski definition) is 6. The Labute approximate surface area is 188 Å². The summed E-state index contributed by atoms with van der Waals surface area (Å²) in [4.78, 5) is 36.8. The Hall–Kier alpha value is -1.73. The van der Waals surface area contributed by atoms with E-state index in [2.05, 4.69) is 13.8 Å². The Bertz CT molecular complexity index is 880. The van der Waals surface area contributed by atoms with Crippen LogP contribution < -0.4 is 0 Å². The molecule has 5 aliphatic rings. The van der Waals surface area contributed by atoms with Gasteiger partial charge in [-0.3, -0.25) is 14.4 Å². The third-order valence-corrected chi connectivity index (χ3v) is 9.91. The average molecular weight is 447 g/mol. The molecule has 4 aliphatic carbocycles. The highest BCUT2D eigenvalue weighted by Crippen LogP contribution is 2.77. The van der Waals surface area contributed by atoms with E-state index in [1.807, 2.05) is 0 Å². The molecule has 4 fully saturated rings. The summed E-state index contributed by atoms with van der Waals surface area (Å²) in [5.74, 6) is -0.816. The first-order chi connectivity index (χ1) is 15.2. The van der Waals surface area contributed by atoms with Crippen molar-refractivity contribution in [2.24, 2.45) is 34.5 Å². The Morgan fingerprint density at radius 2 is 2.06 bits per heavy atom. The number of ketones is 1. The van der Waals surface area contributed by atoms with Gasteiger partial charge in [0.25, 0.3) is 0 Å². The van der Waals surface area contributed by atoms with Crippen LogP contribution in [0.2, 0.25) is 0 Å². The zero-order valence-electron chi connectivity index (χ0n) is 19.0. The van der Waals surface area contributed by atoms with Crippen LogP contribution in [0.3, 0.4) is 0 Å². The standard InChI is InChI=1S/C25H34O7/c1-23-13-19-25(32-19)21(18(23)5-3-14(23)4-6-20(28)29)17(22(30)31-10-9-26)12-15-11-16(27)7-8-24(15,25)2/h11,14,17-19,21,26H,3-10,12-13H2,1-2H3,(H,28,29)/t14-,17-,18+,19-,21+,23-,24+,25-/m1/s1. The normalized spacial score (nSPS) is 46.3. The van der Waals surface area contributed by atoms with E-state index in [0.29, 0.717) is 25.2 Å². The van der Waals surface area contributed by atoms with Crippen LogP contribution in [0.25, 0.3) is 0 Å². The van der Waals surface area contributed by atoms with Crippen molar-refractivity contribution in [1.29, 1.82) is 0 Å². The molecule has 0 unspecified atom stereocenters. The number of aliphatic carboxylic acids is 1. The van der Waals surface area contributed by atoms with Crippen molar-refractivity contribution in [2.45, 2.75) is 76.9 Å². The second-order valence-corrected chi connectivity index (χ2v) is 11.1. The molecule has 0 aromatic rings. The van der Waals surface area contributed by atoms with E-state index in [-0.39, 0.29) is 60.2 Å². The van der Waals surface area contributed by atoms with E-state index in [0.717, 1.165) is 31.3 Å². The molecule has 0 bridgehead atoms. The van der Waals surface area contributed by atoms with Gasteiger partial charge in [0.1, 0.15) is 12.2 Å². The van der Waals surface area contributed by atoms with Crippen LogP contribution in [0.4, 0.5) is 0 Å². The number of hydrogen-bond donors (Lipinski definition) is 2. The zero-order valence-corrected chi connectivity index (χ0v) is 19.0. The first kappa shape index (κ1) is 22.1. The van der Waals surface area contributed by atoms with Gasteiger partial charge in [-0.25, -0.2) is 0 Å². The van der Waals surface area contributed by atoms with Crippen molar-refractivity contribution < 1.29 is 34.1 Å². The number of carboxylic acid groups (broad SMARTS) is 1. The van der Waals surface area contributed by atoms with E-state index >= 15 is 0 Å². The molecular weight excluding hydrogens is 412 g/mol. The maximum atomic E-state index is 13.2. The van der Waals surface area contributed by atoms with Crippen molar-refractivity contribution in [3.05, 3.63) is 11.6 Å². The summed E-state index contributed by atoms with van der Waals surface area (Å²) in [6, 6.07) is 0. The molecule has 2 N–H and O–H groups in total. The number of aliphatic hydroxyl groups excluding tert-OH is 1. The molecule has 0 aromatic heterocycles. The lowest BCUT2D eigenvalue weighted by molar-refractivity contribution is -0.161. The van der Waals surface area contributed by atoms with E-state index in [9.17, 15) is 24.6 Å². The van der Waals surface area contributed by atoms with Crippen LogP contribution in [0.15, 0.2) is 11.6 Å². The number of esters is 1. The van der Waals surface area contributed by atoms with Crippen LogP contribution in [-0.2, 0) is 23.9 Å². The minimum atomic E-state index is -0.762. The topological polar surface area (TPSA) is 113 Å². The minimum absolute atomic E-state index is 0.0115. The smallest absolute Gasteiger partial charge is 0.309 e. The number of fused-ring (bicyclic) bond motifs is 3. The molecule has 0 radical (unpaired) electrons. The Kier molecular flexibility index (Phi) is 5.10. The van der Waals surface area contributed by atoms with Crippen LogP contribution in [-0.4, -0.2) is 52.9 Å². The van der Waals surface area contributed by atoms with Crippen LogP contribution in [0.5, 0.6) is 0 Å². The number of carboxylic acids is 1. The summed E-state index contributed by atoms with van der Waals surface area (Å²) in [5, 5.41) is 18.4. The lowest BCUT2D eigenvalue weighted by atomic mass is 9.44. The van der Waals surface area contributed by atoms with Gasteiger partial charge in [0.05, 0.1) is 18.6 Å². The van der Waals surface area contributed by atoms with Crippen molar-refractivity contribution >= 4 is 17.7 Å². The number of aliphatic hydroxyl groups is 1. The molecule has 1 aliphatic heterocycles. The fraction of sp³-hybridized carbons (Fsp3) is 0.800. The van der Waals surface area contributed by atoms with Gasteiger partial charge in [-0.15, -0.1) is 0 Å². The van der Waals surface area contributed by atoms with Gasteiger partial charge in [0.2, 0.25) is 0 Å². The highest BCUT2D eigenvalue weighted by molar-refractivity contribution is 5.92. The Balaban J connectivity index is 1.54. The third kappa shape index (κ3) is 2.89. The molecule has 0 aromatic carbocycles. The van der Waals surface area contributed by atoms with Gasteiger partial charge < -0.3 is 19.7 Å². The number of carbonyl (C=O) groups excluding carboxylic acids is 2. The van der Waals surface area contributed by atoms with Crippen molar-refractivity contribution in [1.82, 2.24) is 0 Å². The van der Waals surface area contributed by atoms with Gasteiger partial charge in [-0.1, -0.05) is 19.4 Å². The number of epoxide rings is 1. The van der Waals surface area contributed by atoms with E-state index < -0.39 is 17.5 Å². The summed E-state index contributed by atoms with van der Waals surface area (Å²) in [5.41, 5.74) is 0.238. The summed E-state index contributed by atoms with van der Waals surface area (Å²) >= 11 is 0. The predicted octanol–water partition coefficient (Wildman–Crippen LogP) is 2.89. The molecule has 1 spiro atoms. The maximum Gasteiger partial charge on any atom is 0.309 e. The average Bonchev–Trinajstić information content (AvgIpc) is 3.37. The highest BCUT2D eigenvalue weighted by atomic mass is 16.6. The van der Waals surface area contributed by atoms with Crippen molar-refractivity contribution in [3.63, 3.8) is 0 Å². The molecule has 176 valence electrons. The van der Waals surface area contributed by atoms with Crippen molar-refractivity contribution in [3.8, 4) is 0 Å². The van der Waals surface area contributed by atoms with Gasteiger partial charge in [0.15, 0.2) is 5.78 Å². The largest absolute Gasteiger partial charge is 0.481 e. The Morgan fingerprint density at radius 1 is 1.28 bits per heavy atom. The fourth-order valence-electron chi connectivity index (χ4n) is 8.38. The quantitative estimate of drug-likeness (QED) is 0.476. The molecule has 7 nitrogen and oxygen atoms in total.